The molecule has 0 heterocycles. The summed E-state index contributed by atoms with van der Waals surface area (Å²) in [5.41, 5.74) is 5.17. The third kappa shape index (κ3) is 2.90. The highest BCUT2D eigenvalue weighted by atomic mass is 19.4. The van der Waals surface area contributed by atoms with Crippen LogP contribution in [-0.4, -0.2) is 42.0 Å². The number of hydrogen-bond donors (Lipinski definition) is 1. The lowest BCUT2D eigenvalue weighted by Crippen LogP contribution is -2.55. The molecule has 18 heavy (non-hydrogen) atoms. The summed E-state index contributed by atoms with van der Waals surface area (Å²) in [6, 6.07) is -0.561. The summed E-state index contributed by atoms with van der Waals surface area (Å²) in [5.74, 6) is -7.53. The first kappa shape index (κ1) is 15.1. The Bertz CT molecular complexity index is 299. The van der Waals surface area contributed by atoms with Gasteiger partial charge in [0.2, 0.25) is 0 Å². The van der Waals surface area contributed by atoms with Crippen molar-refractivity contribution in [2.75, 3.05) is 13.1 Å². The molecule has 0 unspecified atom stereocenters. The summed E-state index contributed by atoms with van der Waals surface area (Å²) in [6.07, 6.45) is -3.54. The summed E-state index contributed by atoms with van der Waals surface area (Å²) >= 11 is 0. The van der Waals surface area contributed by atoms with E-state index in [9.17, 15) is 26.7 Å². The van der Waals surface area contributed by atoms with Crippen molar-refractivity contribution >= 4 is 5.91 Å². The Hall–Kier alpha value is -0.920. The van der Waals surface area contributed by atoms with Gasteiger partial charge in [0.15, 0.2) is 0 Å². The van der Waals surface area contributed by atoms with Gasteiger partial charge in [0, 0.05) is 19.1 Å². The zero-order chi connectivity index (χ0) is 14.0. The first-order chi connectivity index (χ1) is 8.21. The number of hydrogen-bond acceptors (Lipinski definition) is 2. The van der Waals surface area contributed by atoms with E-state index in [2.05, 4.69) is 0 Å². The van der Waals surface area contributed by atoms with Gasteiger partial charge < -0.3 is 10.6 Å². The topological polar surface area (TPSA) is 46.3 Å². The van der Waals surface area contributed by atoms with E-state index in [0.29, 0.717) is 17.7 Å². The molecule has 0 bridgehead atoms. The van der Waals surface area contributed by atoms with Crippen LogP contribution in [0.1, 0.15) is 25.7 Å². The standard InChI is InChI=1S/C10H15F5N2O/c11-9(12,10(13,14)15)8(18)17(6-5-16)7-3-1-2-4-7/h7H,1-6,16H2. The number of amides is 1. The summed E-state index contributed by atoms with van der Waals surface area (Å²) in [4.78, 5) is 12.0. The van der Waals surface area contributed by atoms with E-state index in [0.717, 1.165) is 12.8 Å². The van der Waals surface area contributed by atoms with Crippen LogP contribution >= 0.6 is 0 Å². The van der Waals surface area contributed by atoms with E-state index < -0.39 is 24.0 Å². The van der Waals surface area contributed by atoms with Gasteiger partial charge in [-0.2, -0.15) is 22.0 Å². The smallest absolute Gasteiger partial charge is 0.333 e. The first-order valence-corrected chi connectivity index (χ1v) is 5.67. The first-order valence-electron chi connectivity index (χ1n) is 5.67. The van der Waals surface area contributed by atoms with E-state index in [1.165, 1.54) is 0 Å². The van der Waals surface area contributed by atoms with Crippen molar-refractivity contribution in [3.05, 3.63) is 0 Å². The summed E-state index contributed by atoms with van der Waals surface area (Å²) in [6.45, 7) is -0.425. The van der Waals surface area contributed by atoms with Crippen LogP contribution in [0.25, 0.3) is 0 Å². The largest absolute Gasteiger partial charge is 0.463 e. The highest BCUT2D eigenvalue weighted by Gasteiger charge is 2.65. The molecule has 0 spiro atoms. The third-order valence-corrected chi connectivity index (χ3v) is 3.02. The Morgan fingerprint density at radius 3 is 2.06 bits per heavy atom. The van der Waals surface area contributed by atoms with Gasteiger partial charge in [-0.3, -0.25) is 4.79 Å². The van der Waals surface area contributed by atoms with Crippen LogP contribution in [0.15, 0.2) is 0 Å². The SMILES string of the molecule is NCCN(C(=O)C(F)(F)C(F)(F)F)C1CCCC1. The number of rotatable bonds is 4. The summed E-state index contributed by atoms with van der Waals surface area (Å²) < 4.78 is 62.4. The van der Waals surface area contributed by atoms with Gasteiger partial charge in [-0.05, 0) is 12.8 Å². The number of halogens is 5. The van der Waals surface area contributed by atoms with E-state index >= 15 is 0 Å². The fourth-order valence-corrected chi connectivity index (χ4v) is 2.11. The van der Waals surface area contributed by atoms with Gasteiger partial charge in [-0.25, -0.2) is 0 Å². The average molecular weight is 274 g/mol. The van der Waals surface area contributed by atoms with E-state index in [4.69, 9.17) is 5.73 Å². The molecule has 1 aliphatic carbocycles. The van der Waals surface area contributed by atoms with Crippen LogP contribution in [0, 0.1) is 0 Å². The monoisotopic (exact) mass is 274 g/mol. The van der Waals surface area contributed by atoms with Crippen LogP contribution in [-0.2, 0) is 4.79 Å². The number of carbonyl (C=O) groups is 1. The lowest BCUT2D eigenvalue weighted by atomic mass is 10.1. The molecule has 0 radical (unpaired) electrons. The Labute approximate surface area is 101 Å². The maximum absolute atomic E-state index is 13.0. The molecule has 2 N–H and O–H groups in total. The minimum Gasteiger partial charge on any atom is -0.333 e. The molecule has 1 saturated carbocycles. The molecule has 0 aromatic heterocycles. The Kier molecular flexibility index (Phi) is 4.52. The molecule has 1 amide bonds. The molecular weight excluding hydrogens is 259 g/mol. The number of nitrogens with zero attached hydrogens (tertiary/aromatic N) is 1. The summed E-state index contributed by atoms with van der Waals surface area (Å²) in [5, 5.41) is 0. The minimum atomic E-state index is -5.87. The molecule has 3 nitrogen and oxygen atoms in total. The molecule has 1 rings (SSSR count). The number of alkyl halides is 5. The molecule has 1 aliphatic rings. The van der Waals surface area contributed by atoms with Gasteiger partial charge >= 0.3 is 18.0 Å². The van der Waals surface area contributed by atoms with Gasteiger partial charge in [0.05, 0.1) is 0 Å². The number of nitrogens with two attached hydrogens (primary N) is 1. The third-order valence-electron chi connectivity index (χ3n) is 3.02. The van der Waals surface area contributed by atoms with E-state index in [1.54, 1.807) is 0 Å². The second-order valence-electron chi connectivity index (χ2n) is 4.30. The highest BCUT2D eigenvalue weighted by molar-refractivity contribution is 5.84. The molecule has 0 aliphatic heterocycles. The molecule has 106 valence electrons. The quantitative estimate of drug-likeness (QED) is 0.796. The van der Waals surface area contributed by atoms with Gasteiger partial charge in [0.25, 0.3) is 0 Å². The van der Waals surface area contributed by atoms with Crippen molar-refractivity contribution in [2.45, 2.75) is 43.8 Å². The van der Waals surface area contributed by atoms with Crippen molar-refractivity contribution in [1.82, 2.24) is 4.90 Å². The van der Waals surface area contributed by atoms with Crippen molar-refractivity contribution in [3.8, 4) is 0 Å². The van der Waals surface area contributed by atoms with Gasteiger partial charge in [-0.1, -0.05) is 12.8 Å². The Balaban J connectivity index is 2.88. The van der Waals surface area contributed by atoms with Crippen LogP contribution < -0.4 is 5.73 Å². The zero-order valence-electron chi connectivity index (χ0n) is 9.64. The van der Waals surface area contributed by atoms with Crippen LogP contribution in [0.4, 0.5) is 22.0 Å². The van der Waals surface area contributed by atoms with Crippen molar-refractivity contribution in [2.24, 2.45) is 5.73 Å². The molecule has 0 atom stereocenters. The zero-order valence-corrected chi connectivity index (χ0v) is 9.64. The second kappa shape index (κ2) is 5.38. The fourth-order valence-electron chi connectivity index (χ4n) is 2.11. The maximum Gasteiger partial charge on any atom is 0.463 e. The maximum atomic E-state index is 13.0. The lowest BCUT2D eigenvalue weighted by molar-refractivity contribution is -0.275. The molecular formula is C10H15F5N2O. The van der Waals surface area contributed by atoms with Crippen LogP contribution in [0.5, 0.6) is 0 Å². The Morgan fingerprint density at radius 1 is 1.17 bits per heavy atom. The number of carbonyl (C=O) groups excluding carboxylic acids is 1. The van der Waals surface area contributed by atoms with Gasteiger partial charge in [0.1, 0.15) is 0 Å². The van der Waals surface area contributed by atoms with Crippen LogP contribution in [0.3, 0.4) is 0 Å². The normalized spacial score (nSPS) is 18.1. The van der Waals surface area contributed by atoms with Crippen molar-refractivity contribution < 1.29 is 26.7 Å². The lowest BCUT2D eigenvalue weighted by Gasteiger charge is -2.32. The minimum absolute atomic E-state index is 0.143. The van der Waals surface area contributed by atoms with Crippen LogP contribution in [0.2, 0.25) is 0 Å². The van der Waals surface area contributed by atoms with Gasteiger partial charge in [-0.15, -0.1) is 0 Å². The predicted octanol–water partition coefficient (Wildman–Crippen LogP) is 1.91. The second-order valence-corrected chi connectivity index (χ2v) is 4.30. The molecule has 0 aromatic carbocycles. The molecule has 1 fully saturated rings. The summed E-state index contributed by atoms with van der Waals surface area (Å²) in [7, 11) is 0. The highest BCUT2D eigenvalue weighted by Crippen LogP contribution is 2.38. The Morgan fingerprint density at radius 2 is 1.67 bits per heavy atom. The molecule has 8 heteroatoms. The fraction of sp³-hybridized carbons (Fsp3) is 0.900. The average Bonchev–Trinajstić information content (AvgIpc) is 2.76. The van der Waals surface area contributed by atoms with E-state index in [-0.39, 0.29) is 13.1 Å². The van der Waals surface area contributed by atoms with Crippen molar-refractivity contribution in [1.29, 1.82) is 0 Å². The predicted molar refractivity (Wildman–Crippen MR) is 54.0 cm³/mol. The van der Waals surface area contributed by atoms with Crippen molar-refractivity contribution in [3.63, 3.8) is 0 Å². The van der Waals surface area contributed by atoms with E-state index in [1.807, 2.05) is 0 Å². The molecule has 0 saturated heterocycles. The molecule has 0 aromatic rings.